The van der Waals surface area contributed by atoms with Gasteiger partial charge in [-0.05, 0) is 5.56 Å². The molecular formula is C10H7F6NO4. The Bertz CT molecular complexity index is 540. The predicted octanol–water partition coefficient (Wildman–Crippen LogP) is 2.42. The number of esters is 1. The van der Waals surface area contributed by atoms with E-state index in [0.717, 1.165) is 7.11 Å². The molecule has 21 heavy (non-hydrogen) atoms. The molecule has 1 rings (SSSR count). The fourth-order valence-electron chi connectivity index (χ4n) is 1.38. The van der Waals surface area contributed by atoms with Crippen molar-refractivity contribution in [1.82, 2.24) is 4.98 Å². The molecule has 0 atom stereocenters. The summed E-state index contributed by atoms with van der Waals surface area (Å²) in [6.45, 7) is 0. The molecule has 1 N–H and O–H groups in total. The summed E-state index contributed by atoms with van der Waals surface area (Å²) in [5.74, 6) is -4.61. The van der Waals surface area contributed by atoms with Gasteiger partial charge in [0.25, 0.3) is 5.88 Å². The van der Waals surface area contributed by atoms with E-state index in [9.17, 15) is 36.2 Å². The van der Waals surface area contributed by atoms with E-state index in [1.165, 1.54) is 0 Å². The van der Waals surface area contributed by atoms with Crippen LogP contribution in [0.3, 0.4) is 0 Å². The lowest BCUT2D eigenvalue weighted by molar-refractivity contribution is -0.276. The monoisotopic (exact) mass is 319 g/mol. The molecule has 0 aliphatic carbocycles. The summed E-state index contributed by atoms with van der Waals surface area (Å²) in [6, 6.07) is 0. The third kappa shape index (κ3) is 4.39. The summed E-state index contributed by atoms with van der Waals surface area (Å²) in [7, 11) is 0.907. The second-order valence-electron chi connectivity index (χ2n) is 3.61. The maximum Gasteiger partial charge on any atom is 0.574 e. The normalized spacial score (nSPS) is 12.1. The third-order valence-corrected chi connectivity index (χ3v) is 2.16. The van der Waals surface area contributed by atoms with Crippen molar-refractivity contribution in [3.8, 4) is 11.6 Å². The van der Waals surface area contributed by atoms with Crippen LogP contribution < -0.4 is 4.74 Å². The van der Waals surface area contributed by atoms with Crippen LogP contribution >= 0.6 is 0 Å². The highest BCUT2D eigenvalue weighted by molar-refractivity contribution is 5.73. The van der Waals surface area contributed by atoms with Crippen molar-refractivity contribution in [3.05, 3.63) is 17.3 Å². The molecule has 0 fully saturated rings. The quantitative estimate of drug-likeness (QED) is 0.684. The van der Waals surface area contributed by atoms with Crippen LogP contribution in [-0.2, 0) is 22.1 Å². The first-order valence-corrected chi connectivity index (χ1v) is 5.06. The largest absolute Gasteiger partial charge is 0.574 e. The van der Waals surface area contributed by atoms with Crippen LogP contribution in [0.25, 0.3) is 0 Å². The number of halogens is 6. The van der Waals surface area contributed by atoms with Crippen molar-refractivity contribution in [1.29, 1.82) is 0 Å². The Morgan fingerprint density at radius 2 is 1.86 bits per heavy atom. The Morgan fingerprint density at radius 3 is 2.29 bits per heavy atom. The highest BCUT2D eigenvalue weighted by atomic mass is 19.4. The van der Waals surface area contributed by atoms with E-state index in [-0.39, 0.29) is 0 Å². The smallest absolute Gasteiger partial charge is 0.503 e. The SMILES string of the molecule is COC(=O)Cc1cnc(OC(F)(F)F)c(O)c1C(F)(F)F. The number of ether oxygens (including phenoxy) is 2. The molecule has 0 aromatic carbocycles. The molecule has 1 aromatic rings. The van der Waals surface area contributed by atoms with Gasteiger partial charge < -0.3 is 14.6 Å². The van der Waals surface area contributed by atoms with Crippen molar-refractivity contribution < 1.29 is 45.7 Å². The molecule has 1 heterocycles. The number of aromatic nitrogens is 1. The molecule has 1 aromatic heterocycles. The zero-order valence-corrected chi connectivity index (χ0v) is 10.2. The summed E-state index contributed by atoms with van der Waals surface area (Å²) in [4.78, 5) is 13.9. The average Bonchev–Trinajstić information content (AvgIpc) is 2.29. The Kier molecular flexibility index (Phi) is 4.54. The van der Waals surface area contributed by atoms with Crippen LogP contribution in [0.4, 0.5) is 26.3 Å². The van der Waals surface area contributed by atoms with Crippen molar-refractivity contribution in [2.45, 2.75) is 19.0 Å². The molecule has 118 valence electrons. The topological polar surface area (TPSA) is 68.7 Å². The van der Waals surface area contributed by atoms with Gasteiger partial charge in [-0.3, -0.25) is 4.79 Å². The number of nitrogens with zero attached hydrogens (tertiary/aromatic N) is 1. The summed E-state index contributed by atoms with van der Waals surface area (Å²) in [5.41, 5.74) is -2.69. The maximum atomic E-state index is 12.8. The number of carbonyl (C=O) groups is 1. The minimum absolute atomic E-state index is 0.348. The standard InChI is InChI=1S/C10H7F6NO4/c1-20-5(18)2-4-3-17-8(21-10(14,15)16)7(19)6(4)9(11,12)13/h3,19H,2H2,1H3. The van der Waals surface area contributed by atoms with Gasteiger partial charge in [0.1, 0.15) is 5.56 Å². The Morgan fingerprint density at radius 1 is 1.29 bits per heavy atom. The lowest BCUT2D eigenvalue weighted by Gasteiger charge is -2.16. The van der Waals surface area contributed by atoms with Gasteiger partial charge in [0.15, 0.2) is 5.75 Å². The molecule has 0 aliphatic rings. The van der Waals surface area contributed by atoms with Crippen LogP contribution in [0.5, 0.6) is 11.6 Å². The second-order valence-corrected chi connectivity index (χ2v) is 3.61. The first-order chi connectivity index (χ1) is 9.45. The summed E-state index contributed by atoms with van der Waals surface area (Å²) in [6.07, 6.45) is -11.1. The molecule has 0 saturated heterocycles. The average molecular weight is 319 g/mol. The van der Waals surface area contributed by atoms with E-state index < -0.39 is 47.7 Å². The lowest BCUT2D eigenvalue weighted by Crippen LogP contribution is -2.20. The minimum Gasteiger partial charge on any atom is -0.503 e. The molecule has 11 heteroatoms. The van der Waals surface area contributed by atoms with E-state index in [4.69, 9.17) is 0 Å². The maximum absolute atomic E-state index is 12.8. The van der Waals surface area contributed by atoms with Gasteiger partial charge in [-0.2, -0.15) is 13.2 Å². The highest BCUT2D eigenvalue weighted by Crippen LogP contribution is 2.43. The number of aromatic hydroxyl groups is 1. The Labute approximate surface area is 113 Å². The molecule has 0 aliphatic heterocycles. The predicted molar refractivity (Wildman–Crippen MR) is 53.3 cm³/mol. The summed E-state index contributed by atoms with van der Waals surface area (Å²) < 4.78 is 81.7. The van der Waals surface area contributed by atoms with Crippen LogP contribution in [0.1, 0.15) is 11.1 Å². The molecule has 0 radical (unpaired) electrons. The zero-order chi connectivity index (χ0) is 16.4. The second kappa shape index (κ2) is 5.66. The van der Waals surface area contributed by atoms with E-state index in [2.05, 4.69) is 14.5 Å². The Balaban J connectivity index is 3.36. The molecule has 0 spiro atoms. The summed E-state index contributed by atoms with van der Waals surface area (Å²) in [5, 5.41) is 9.29. The van der Waals surface area contributed by atoms with Crippen molar-refractivity contribution >= 4 is 5.97 Å². The van der Waals surface area contributed by atoms with E-state index >= 15 is 0 Å². The van der Waals surface area contributed by atoms with Gasteiger partial charge in [0.2, 0.25) is 0 Å². The van der Waals surface area contributed by atoms with Gasteiger partial charge in [-0.25, -0.2) is 4.98 Å². The van der Waals surface area contributed by atoms with Gasteiger partial charge in [0, 0.05) is 6.20 Å². The summed E-state index contributed by atoms with van der Waals surface area (Å²) >= 11 is 0. The van der Waals surface area contributed by atoms with Crippen molar-refractivity contribution in [2.75, 3.05) is 7.11 Å². The number of carbonyl (C=O) groups excluding carboxylic acids is 1. The van der Waals surface area contributed by atoms with Gasteiger partial charge in [-0.15, -0.1) is 13.2 Å². The van der Waals surface area contributed by atoms with Gasteiger partial charge >= 0.3 is 18.5 Å². The molecule has 0 saturated carbocycles. The number of hydrogen-bond acceptors (Lipinski definition) is 5. The first-order valence-electron chi connectivity index (χ1n) is 5.06. The van der Waals surface area contributed by atoms with Crippen molar-refractivity contribution in [2.24, 2.45) is 0 Å². The van der Waals surface area contributed by atoms with Crippen LogP contribution in [0, 0.1) is 0 Å². The highest BCUT2D eigenvalue weighted by Gasteiger charge is 2.41. The van der Waals surface area contributed by atoms with E-state index in [1.54, 1.807) is 0 Å². The lowest BCUT2D eigenvalue weighted by atomic mass is 10.1. The number of pyridine rings is 1. The third-order valence-electron chi connectivity index (χ3n) is 2.16. The number of hydrogen-bond donors (Lipinski definition) is 1. The number of alkyl halides is 6. The van der Waals surface area contributed by atoms with Crippen molar-refractivity contribution in [3.63, 3.8) is 0 Å². The fraction of sp³-hybridized carbons (Fsp3) is 0.400. The molecule has 0 amide bonds. The first kappa shape index (κ1) is 16.9. The van der Waals surface area contributed by atoms with Gasteiger partial charge in [-0.1, -0.05) is 0 Å². The van der Waals surface area contributed by atoms with Crippen LogP contribution in [0.15, 0.2) is 6.20 Å². The van der Waals surface area contributed by atoms with Gasteiger partial charge in [0.05, 0.1) is 13.5 Å². The number of rotatable bonds is 3. The Hall–Kier alpha value is -2.20. The molecular weight excluding hydrogens is 312 g/mol. The van der Waals surface area contributed by atoms with E-state index in [1.807, 2.05) is 0 Å². The fourth-order valence-corrected chi connectivity index (χ4v) is 1.38. The molecule has 0 bridgehead atoms. The molecule has 0 unspecified atom stereocenters. The van der Waals surface area contributed by atoms with E-state index in [0.29, 0.717) is 6.20 Å². The molecule has 5 nitrogen and oxygen atoms in total. The zero-order valence-electron chi connectivity index (χ0n) is 10.2. The minimum atomic E-state index is -5.34. The van der Waals surface area contributed by atoms with Crippen LogP contribution in [-0.4, -0.2) is 29.5 Å². The number of methoxy groups -OCH3 is 1. The van der Waals surface area contributed by atoms with Crippen LogP contribution in [0.2, 0.25) is 0 Å².